The van der Waals surface area contributed by atoms with Gasteiger partial charge in [-0.3, -0.25) is 33.5 Å². The number of likely N-dealkylation sites (tertiary alicyclic amines) is 1. The third kappa shape index (κ3) is 8.64. The molecule has 3 amide bonds. The van der Waals surface area contributed by atoms with E-state index in [9.17, 15) is 28.0 Å². The number of rotatable bonds is 13. The molecule has 5 aromatic rings. The number of alkyl halides is 2. The minimum atomic E-state index is -2.84. The highest BCUT2D eigenvalue weighted by Gasteiger charge is 2.33. The first-order chi connectivity index (χ1) is 30.1. The smallest absolute Gasteiger partial charge is 0.329 e. The lowest BCUT2D eigenvalue weighted by Gasteiger charge is -2.36. The molecule has 18 heteroatoms. The molecule has 1 aliphatic carbocycles. The Hall–Kier alpha value is -5.46. The number of hydrogen-bond acceptors (Lipinski definition) is 10. The fourth-order valence-corrected chi connectivity index (χ4v) is 9.88. The Morgan fingerprint density at radius 3 is 2.55 bits per heavy atom. The Morgan fingerprint density at radius 2 is 1.79 bits per heavy atom. The van der Waals surface area contributed by atoms with Crippen molar-refractivity contribution in [2.45, 2.75) is 88.8 Å². The summed E-state index contributed by atoms with van der Waals surface area (Å²) in [4.78, 5) is 55.8. The average Bonchev–Trinajstić information content (AvgIpc) is 3.98. The third-order valence-corrected chi connectivity index (χ3v) is 13.2. The van der Waals surface area contributed by atoms with Gasteiger partial charge in [-0.15, -0.1) is 0 Å². The maximum absolute atomic E-state index is 14.3. The van der Waals surface area contributed by atoms with Crippen LogP contribution >= 0.6 is 0 Å². The summed E-state index contributed by atoms with van der Waals surface area (Å²) in [5.41, 5.74) is 3.68. The van der Waals surface area contributed by atoms with Crippen molar-refractivity contribution in [2.24, 2.45) is 13.0 Å². The topological polar surface area (TPSA) is 162 Å². The van der Waals surface area contributed by atoms with Gasteiger partial charge in [-0.1, -0.05) is 12.1 Å². The molecule has 9 rings (SSSR count). The van der Waals surface area contributed by atoms with Crippen molar-refractivity contribution >= 4 is 45.6 Å². The number of pyridine rings is 1. The molecule has 1 aromatic carbocycles. The van der Waals surface area contributed by atoms with Gasteiger partial charge in [-0.25, -0.2) is 18.1 Å². The van der Waals surface area contributed by atoms with Gasteiger partial charge in [0.1, 0.15) is 6.04 Å². The highest BCUT2D eigenvalue weighted by Crippen LogP contribution is 2.36. The van der Waals surface area contributed by atoms with E-state index in [4.69, 9.17) is 9.47 Å². The number of carbonyl (C=O) groups is 3. The van der Waals surface area contributed by atoms with Crippen LogP contribution < -0.4 is 21.2 Å². The second-order valence-electron chi connectivity index (χ2n) is 17.1. The number of nitrogens with zero attached hydrogens (tertiary/aromatic N) is 8. The summed E-state index contributed by atoms with van der Waals surface area (Å²) < 4.78 is 46.7. The fourth-order valence-electron chi connectivity index (χ4n) is 9.88. The maximum Gasteiger partial charge on any atom is 0.329 e. The first-order valence-electron chi connectivity index (χ1n) is 22.0. The number of imide groups is 1. The van der Waals surface area contributed by atoms with Gasteiger partial charge in [0.25, 0.3) is 12.3 Å². The van der Waals surface area contributed by atoms with Gasteiger partial charge in [0, 0.05) is 70.9 Å². The summed E-state index contributed by atoms with van der Waals surface area (Å²) in [6, 6.07) is 8.88. The predicted molar refractivity (Wildman–Crippen MR) is 227 cm³/mol. The molecule has 4 aromatic heterocycles. The standard InChI is InChI=1S/C44H54F2N10O6/c1-51-40-29(4-2-6-35(40)56(44(51)60)36-11-12-38(57)49-43(36)59)5-3-21-62-32-14-16-52(17-15-32)26-28-7-9-30(10-8-28)55-27-34(39(50-55)41(45)46)48-42(58)33-25-47-54-18-13-31(24-37(33)54)53-19-22-61-23-20-53/h2,4,6,13,18,24-25,27-28,30,32,36,41H,3,5,7-12,14-17,19-23,26H2,1H3,(H,48,58)(H,49,57,59)/t28-,30-,36?. The molecule has 16 nitrogen and oxygen atoms in total. The molecule has 1 atom stereocenters. The van der Waals surface area contributed by atoms with Crippen LogP contribution in [-0.2, 0) is 32.5 Å². The first kappa shape index (κ1) is 41.9. The van der Waals surface area contributed by atoms with E-state index in [1.54, 1.807) is 33.2 Å². The minimum Gasteiger partial charge on any atom is -0.378 e. The average molecular weight is 857 g/mol. The highest BCUT2D eigenvalue weighted by molar-refractivity contribution is 6.09. The number of benzene rings is 1. The maximum atomic E-state index is 14.3. The highest BCUT2D eigenvalue weighted by atomic mass is 19.3. The van der Waals surface area contributed by atoms with Gasteiger partial charge in [0.15, 0.2) is 5.69 Å². The fraction of sp³-hybridized carbons (Fsp3) is 0.545. The van der Waals surface area contributed by atoms with E-state index in [1.165, 1.54) is 10.8 Å². The van der Waals surface area contributed by atoms with E-state index in [0.717, 1.165) is 101 Å². The number of aryl methyl sites for hydroxylation is 2. The van der Waals surface area contributed by atoms with Crippen molar-refractivity contribution in [3.63, 3.8) is 0 Å². The Labute approximate surface area is 357 Å². The number of anilines is 2. The SMILES string of the molecule is Cn1c(=O)n(C2CCC(=O)NC2=O)c2cccc(CCCOC3CCN(C[C@H]4CC[C@H](n5cc(NC(=O)c6cnn7ccc(N8CCOCC8)cc67)c(C(F)F)n5)CC4)CC3)c21. The molecular weight excluding hydrogens is 803 g/mol. The summed E-state index contributed by atoms with van der Waals surface area (Å²) in [7, 11) is 1.73. The van der Waals surface area contributed by atoms with Crippen molar-refractivity contribution < 1.29 is 32.6 Å². The molecule has 62 heavy (non-hydrogen) atoms. The zero-order valence-electron chi connectivity index (χ0n) is 35.0. The molecule has 7 heterocycles. The third-order valence-electron chi connectivity index (χ3n) is 13.2. The van der Waals surface area contributed by atoms with Crippen LogP contribution in [-0.4, -0.2) is 110 Å². The number of hydrogen-bond donors (Lipinski definition) is 2. The van der Waals surface area contributed by atoms with E-state index in [-0.39, 0.29) is 35.9 Å². The van der Waals surface area contributed by atoms with Crippen LogP contribution in [0.2, 0.25) is 0 Å². The van der Waals surface area contributed by atoms with Gasteiger partial charge in [0.2, 0.25) is 11.8 Å². The summed E-state index contributed by atoms with van der Waals surface area (Å²) >= 11 is 0. The summed E-state index contributed by atoms with van der Waals surface area (Å²) in [6.07, 6.45) is 9.67. The van der Waals surface area contributed by atoms with Gasteiger partial charge in [0.05, 0.1) is 59.4 Å². The van der Waals surface area contributed by atoms with E-state index in [1.807, 2.05) is 30.3 Å². The molecule has 3 saturated heterocycles. The number of halogens is 2. The summed E-state index contributed by atoms with van der Waals surface area (Å²) in [5, 5.41) is 13.7. The zero-order valence-corrected chi connectivity index (χ0v) is 35.0. The van der Waals surface area contributed by atoms with Crippen LogP contribution in [0.1, 0.15) is 97.9 Å². The second kappa shape index (κ2) is 18.1. The Morgan fingerprint density at radius 1 is 1.00 bits per heavy atom. The number of aromatic nitrogens is 6. The quantitative estimate of drug-likeness (QED) is 0.121. The number of para-hydroxylation sites is 1. The van der Waals surface area contributed by atoms with Crippen LogP contribution in [0, 0.1) is 5.92 Å². The number of fused-ring (bicyclic) bond motifs is 2. The van der Waals surface area contributed by atoms with Crippen molar-refractivity contribution in [2.75, 3.05) is 62.8 Å². The predicted octanol–water partition coefficient (Wildman–Crippen LogP) is 5.03. The minimum absolute atomic E-state index is 0.0203. The van der Waals surface area contributed by atoms with E-state index in [0.29, 0.717) is 48.8 Å². The molecule has 1 saturated carbocycles. The molecule has 2 N–H and O–H groups in total. The zero-order chi connectivity index (χ0) is 42.9. The van der Waals surface area contributed by atoms with Gasteiger partial charge in [-0.2, -0.15) is 10.2 Å². The number of ether oxygens (including phenoxy) is 2. The van der Waals surface area contributed by atoms with Gasteiger partial charge >= 0.3 is 5.69 Å². The molecule has 0 spiro atoms. The normalized spacial score (nSPS) is 21.9. The summed E-state index contributed by atoms with van der Waals surface area (Å²) in [5.74, 6) is -0.756. The van der Waals surface area contributed by atoms with Crippen LogP contribution in [0.3, 0.4) is 0 Å². The largest absolute Gasteiger partial charge is 0.378 e. The number of nitrogens with one attached hydrogen (secondary N) is 2. The molecule has 0 bridgehead atoms. The van der Waals surface area contributed by atoms with Crippen LogP contribution in [0.15, 0.2) is 53.7 Å². The lowest BCUT2D eigenvalue weighted by molar-refractivity contribution is -0.135. The van der Waals surface area contributed by atoms with Crippen molar-refractivity contribution in [1.82, 2.24) is 38.7 Å². The van der Waals surface area contributed by atoms with Gasteiger partial charge in [-0.05, 0) is 87.5 Å². The van der Waals surface area contributed by atoms with Crippen LogP contribution in [0.25, 0.3) is 16.6 Å². The lowest BCUT2D eigenvalue weighted by Crippen LogP contribution is -2.44. The molecule has 1 unspecified atom stereocenters. The molecular formula is C44H54F2N10O6. The number of carbonyl (C=O) groups excluding carboxylic acids is 3. The van der Waals surface area contributed by atoms with Crippen molar-refractivity contribution in [1.29, 1.82) is 0 Å². The lowest BCUT2D eigenvalue weighted by atomic mass is 9.85. The van der Waals surface area contributed by atoms with E-state index in [2.05, 4.69) is 30.6 Å². The van der Waals surface area contributed by atoms with Gasteiger partial charge < -0.3 is 24.6 Å². The first-order valence-corrected chi connectivity index (χ1v) is 22.0. The van der Waals surface area contributed by atoms with Crippen LogP contribution in [0.5, 0.6) is 0 Å². The molecule has 3 aliphatic heterocycles. The Bertz CT molecular complexity index is 2490. The van der Waals surface area contributed by atoms with Crippen LogP contribution in [0.4, 0.5) is 20.2 Å². The molecule has 4 aliphatic rings. The molecule has 0 radical (unpaired) electrons. The number of imidazole rings is 1. The number of morpholine rings is 1. The monoisotopic (exact) mass is 856 g/mol. The van der Waals surface area contributed by atoms with Crippen molar-refractivity contribution in [3.05, 3.63) is 76.2 Å². The Kier molecular flexibility index (Phi) is 12.2. The van der Waals surface area contributed by atoms with Crippen molar-refractivity contribution in [3.8, 4) is 0 Å². The second-order valence-corrected chi connectivity index (χ2v) is 17.1. The molecule has 330 valence electrons. The number of amides is 3. The molecule has 4 fully saturated rings. The van der Waals surface area contributed by atoms with E-state index < -0.39 is 30.0 Å². The van der Waals surface area contributed by atoms with E-state index >= 15 is 0 Å². The Balaban J connectivity index is 0.729. The number of piperidine rings is 2. The summed E-state index contributed by atoms with van der Waals surface area (Å²) in [6.45, 7) is 6.25.